The number of pyridine rings is 1. The van der Waals surface area contributed by atoms with Gasteiger partial charge in [0.2, 0.25) is 4.77 Å². The number of benzene rings is 1. The average molecular weight is 382 g/mol. The van der Waals surface area contributed by atoms with E-state index in [0.717, 1.165) is 48.5 Å². The summed E-state index contributed by atoms with van der Waals surface area (Å²) in [6.45, 7) is 7.38. The molecule has 7 heteroatoms. The molecule has 4 rings (SSSR count). The molecule has 0 aliphatic carbocycles. The molecular weight excluding hydrogens is 358 g/mol. The summed E-state index contributed by atoms with van der Waals surface area (Å²) in [4.78, 5) is 4.66. The fourth-order valence-electron chi connectivity index (χ4n) is 3.67. The van der Waals surface area contributed by atoms with Gasteiger partial charge in [0.15, 0.2) is 5.65 Å². The summed E-state index contributed by atoms with van der Waals surface area (Å²) in [5, 5.41) is 5.93. The molecule has 1 saturated heterocycles. The predicted molar refractivity (Wildman–Crippen MR) is 110 cm³/mol. The van der Waals surface area contributed by atoms with Crippen molar-refractivity contribution in [1.29, 1.82) is 0 Å². The van der Waals surface area contributed by atoms with Crippen LogP contribution in [-0.2, 0) is 6.67 Å². The molecule has 140 valence electrons. The second-order valence-electron chi connectivity index (χ2n) is 6.93. The first-order chi connectivity index (χ1) is 13.1. The van der Waals surface area contributed by atoms with Crippen LogP contribution in [0.15, 0.2) is 24.3 Å². The Balaban J connectivity index is 1.69. The molecular formula is C20H23N5OS. The summed E-state index contributed by atoms with van der Waals surface area (Å²) in [6, 6.07) is 8.17. The van der Waals surface area contributed by atoms with Crippen molar-refractivity contribution in [3.63, 3.8) is 0 Å². The minimum atomic E-state index is 0.689. The first-order valence-corrected chi connectivity index (χ1v) is 9.46. The van der Waals surface area contributed by atoms with Crippen molar-refractivity contribution in [3.8, 4) is 18.1 Å². The molecule has 1 aromatic carbocycles. The van der Waals surface area contributed by atoms with E-state index in [0.29, 0.717) is 18.0 Å². The maximum atomic E-state index is 5.77. The van der Waals surface area contributed by atoms with E-state index in [9.17, 15) is 0 Å². The monoisotopic (exact) mass is 381 g/mol. The Hall–Kier alpha value is -2.40. The molecule has 3 aromatic rings. The van der Waals surface area contributed by atoms with E-state index in [2.05, 4.69) is 34.8 Å². The lowest BCUT2D eigenvalue weighted by Gasteiger charge is -2.33. The van der Waals surface area contributed by atoms with Crippen LogP contribution in [0.5, 0.6) is 5.75 Å². The van der Waals surface area contributed by atoms with Gasteiger partial charge in [-0.25, -0.2) is 4.68 Å². The van der Waals surface area contributed by atoms with E-state index < -0.39 is 0 Å². The third-order valence-electron chi connectivity index (χ3n) is 5.19. The van der Waals surface area contributed by atoms with Crippen LogP contribution in [-0.4, -0.2) is 63.8 Å². The number of rotatable bonds is 4. The standard InChI is InChI=1S/C20H23N5OS/c1-4-7-22-8-10-23(11-9-22)14-24-20(27)25-18-13-16(26-3)5-6-17(18)15(2)12-19(25)21-24/h1,5-6,12-13H,7-11,14H2,2-3H3. The Kier molecular flexibility index (Phi) is 4.87. The van der Waals surface area contributed by atoms with E-state index in [1.54, 1.807) is 7.11 Å². The molecule has 1 aliphatic heterocycles. The van der Waals surface area contributed by atoms with Crippen molar-refractivity contribution in [1.82, 2.24) is 24.0 Å². The molecule has 0 spiro atoms. The minimum Gasteiger partial charge on any atom is -0.497 e. The molecule has 2 aromatic heterocycles. The molecule has 1 fully saturated rings. The summed E-state index contributed by atoms with van der Waals surface area (Å²) in [7, 11) is 1.68. The van der Waals surface area contributed by atoms with Gasteiger partial charge in [0.05, 0.1) is 25.8 Å². The number of nitrogens with zero attached hydrogens (tertiary/aromatic N) is 5. The third-order valence-corrected chi connectivity index (χ3v) is 5.59. The second-order valence-corrected chi connectivity index (χ2v) is 7.29. The lowest BCUT2D eigenvalue weighted by molar-refractivity contribution is 0.111. The van der Waals surface area contributed by atoms with Gasteiger partial charge in [0, 0.05) is 37.6 Å². The highest BCUT2D eigenvalue weighted by Crippen LogP contribution is 2.25. The Morgan fingerprint density at radius 3 is 2.63 bits per heavy atom. The number of ether oxygens (including phenoxy) is 1. The molecule has 0 unspecified atom stereocenters. The minimum absolute atomic E-state index is 0.689. The van der Waals surface area contributed by atoms with Crippen molar-refractivity contribution < 1.29 is 4.74 Å². The van der Waals surface area contributed by atoms with Gasteiger partial charge < -0.3 is 4.74 Å². The number of hydrogen-bond acceptors (Lipinski definition) is 5. The van der Waals surface area contributed by atoms with Crippen LogP contribution >= 0.6 is 12.2 Å². The van der Waals surface area contributed by atoms with Crippen LogP contribution in [0.3, 0.4) is 0 Å². The van der Waals surface area contributed by atoms with E-state index in [1.165, 1.54) is 5.56 Å². The van der Waals surface area contributed by atoms with Gasteiger partial charge in [-0.2, -0.15) is 5.10 Å². The number of methoxy groups -OCH3 is 1. The lowest BCUT2D eigenvalue weighted by atomic mass is 10.1. The molecule has 27 heavy (non-hydrogen) atoms. The highest BCUT2D eigenvalue weighted by molar-refractivity contribution is 7.71. The zero-order valence-corrected chi connectivity index (χ0v) is 16.5. The number of aryl methyl sites for hydroxylation is 1. The summed E-state index contributed by atoms with van der Waals surface area (Å²) in [5.41, 5.74) is 3.07. The largest absolute Gasteiger partial charge is 0.497 e. The lowest BCUT2D eigenvalue weighted by Crippen LogP contribution is -2.46. The van der Waals surface area contributed by atoms with E-state index in [1.807, 2.05) is 21.2 Å². The topological polar surface area (TPSA) is 37.9 Å². The van der Waals surface area contributed by atoms with Gasteiger partial charge in [-0.3, -0.25) is 14.2 Å². The highest BCUT2D eigenvalue weighted by atomic mass is 32.1. The normalized spacial score (nSPS) is 16.0. The van der Waals surface area contributed by atoms with Gasteiger partial charge in [-0.15, -0.1) is 6.42 Å². The van der Waals surface area contributed by atoms with Crippen molar-refractivity contribution in [3.05, 3.63) is 34.6 Å². The van der Waals surface area contributed by atoms with Crippen molar-refractivity contribution in [2.45, 2.75) is 13.6 Å². The number of fused-ring (bicyclic) bond motifs is 3. The van der Waals surface area contributed by atoms with Crippen molar-refractivity contribution in [2.75, 3.05) is 39.8 Å². The Labute approximate surface area is 163 Å². The van der Waals surface area contributed by atoms with Gasteiger partial charge in [0.1, 0.15) is 5.75 Å². The van der Waals surface area contributed by atoms with Crippen molar-refractivity contribution in [2.24, 2.45) is 0 Å². The molecule has 0 saturated carbocycles. The summed E-state index contributed by atoms with van der Waals surface area (Å²) >= 11 is 5.77. The first kappa shape index (κ1) is 18.0. The molecule has 0 N–H and O–H groups in total. The van der Waals surface area contributed by atoms with Crippen LogP contribution < -0.4 is 4.74 Å². The van der Waals surface area contributed by atoms with Crippen LogP contribution in [0.25, 0.3) is 16.6 Å². The van der Waals surface area contributed by atoms with Crippen molar-refractivity contribution >= 4 is 28.8 Å². The zero-order chi connectivity index (χ0) is 19.0. The quantitative estimate of drug-likeness (QED) is 0.513. The van der Waals surface area contributed by atoms with Crippen LogP contribution in [0.1, 0.15) is 5.56 Å². The van der Waals surface area contributed by atoms with E-state index in [-0.39, 0.29) is 0 Å². The van der Waals surface area contributed by atoms with Gasteiger partial charge in [0.25, 0.3) is 0 Å². The molecule has 0 radical (unpaired) electrons. The van der Waals surface area contributed by atoms with Crippen LogP contribution in [0, 0.1) is 24.0 Å². The maximum absolute atomic E-state index is 5.77. The van der Waals surface area contributed by atoms with Gasteiger partial charge >= 0.3 is 0 Å². The number of hydrogen-bond donors (Lipinski definition) is 0. The third kappa shape index (κ3) is 3.32. The molecule has 0 atom stereocenters. The fourth-order valence-corrected chi connectivity index (χ4v) is 3.96. The Morgan fingerprint density at radius 2 is 1.93 bits per heavy atom. The molecule has 1 aliphatic rings. The zero-order valence-electron chi connectivity index (χ0n) is 15.7. The summed E-state index contributed by atoms with van der Waals surface area (Å²) in [5.74, 6) is 3.53. The fraction of sp³-hybridized carbons (Fsp3) is 0.400. The Bertz CT molecular complexity index is 1090. The van der Waals surface area contributed by atoms with Gasteiger partial charge in [-0.05, 0) is 42.9 Å². The van der Waals surface area contributed by atoms with E-state index in [4.69, 9.17) is 28.5 Å². The SMILES string of the molecule is C#CCN1CCN(Cn2nc3cc(C)c4ccc(OC)cc4n3c2=S)CC1. The molecule has 0 amide bonds. The molecule has 3 heterocycles. The average Bonchev–Trinajstić information content (AvgIpc) is 2.98. The summed E-state index contributed by atoms with van der Waals surface area (Å²) < 4.78 is 10.1. The smallest absolute Gasteiger partial charge is 0.204 e. The maximum Gasteiger partial charge on any atom is 0.204 e. The van der Waals surface area contributed by atoms with Crippen LogP contribution in [0.2, 0.25) is 0 Å². The first-order valence-electron chi connectivity index (χ1n) is 9.06. The number of terminal acetylenes is 1. The molecule has 0 bridgehead atoms. The number of aromatic nitrogens is 3. The highest BCUT2D eigenvalue weighted by Gasteiger charge is 2.18. The molecule has 6 nitrogen and oxygen atoms in total. The van der Waals surface area contributed by atoms with Crippen LogP contribution in [0.4, 0.5) is 0 Å². The van der Waals surface area contributed by atoms with E-state index >= 15 is 0 Å². The Morgan fingerprint density at radius 1 is 1.19 bits per heavy atom. The predicted octanol–water partition coefficient (Wildman–Crippen LogP) is 2.54. The second kappa shape index (κ2) is 7.31. The van der Waals surface area contributed by atoms with Gasteiger partial charge in [-0.1, -0.05) is 5.92 Å². The summed E-state index contributed by atoms with van der Waals surface area (Å²) in [6.07, 6.45) is 5.41. The number of piperazine rings is 1.